The molecule has 2 aromatic carbocycles. The predicted octanol–water partition coefficient (Wildman–Crippen LogP) is 4.45. The molecule has 1 heterocycles. The highest BCUT2D eigenvalue weighted by Gasteiger charge is 2.08. The van der Waals surface area contributed by atoms with Crippen molar-refractivity contribution in [3.8, 4) is 0 Å². The second-order valence-corrected chi connectivity index (χ2v) is 6.85. The number of fused-ring (bicyclic) bond motifs is 1. The summed E-state index contributed by atoms with van der Waals surface area (Å²) in [5, 5.41) is 3.49. The van der Waals surface area contributed by atoms with Crippen LogP contribution in [0.15, 0.2) is 42.5 Å². The Morgan fingerprint density at radius 3 is 2.78 bits per heavy atom. The smallest absolute Gasteiger partial charge is 0.234 e. The molecule has 3 aromatic rings. The fraction of sp³-hybridized carbons (Fsp3) is 0.125. The summed E-state index contributed by atoms with van der Waals surface area (Å²) >= 11 is 3.03. The summed E-state index contributed by atoms with van der Waals surface area (Å²) < 4.78 is 27.0. The van der Waals surface area contributed by atoms with Crippen LogP contribution in [-0.2, 0) is 10.5 Å². The maximum atomic E-state index is 13.1. The Morgan fingerprint density at radius 2 is 2.00 bits per heavy atom. The Labute approximate surface area is 139 Å². The molecule has 0 aliphatic rings. The van der Waals surface area contributed by atoms with Crippen molar-refractivity contribution in [1.29, 1.82) is 0 Å². The van der Waals surface area contributed by atoms with E-state index in [1.165, 1.54) is 17.8 Å². The number of carbonyl (C=O) groups excluding carboxylic acids is 1. The SMILES string of the molecule is O=C(CSCc1nc2ccccc2s1)Nc1ccc(F)c(F)c1. The topological polar surface area (TPSA) is 42.0 Å². The van der Waals surface area contributed by atoms with Gasteiger partial charge in [0.2, 0.25) is 5.91 Å². The number of rotatable bonds is 5. The minimum atomic E-state index is -0.982. The minimum Gasteiger partial charge on any atom is -0.325 e. The van der Waals surface area contributed by atoms with Crippen LogP contribution in [0.3, 0.4) is 0 Å². The molecule has 3 rings (SSSR count). The number of amides is 1. The van der Waals surface area contributed by atoms with Crippen LogP contribution in [0.4, 0.5) is 14.5 Å². The maximum Gasteiger partial charge on any atom is 0.234 e. The van der Waals surface area contributed by atoms with Gasteiger partial charge < -0.3 is 5.32 Å². The molecule has 0 saturated carbocycles. The number of thioether (sulfide) groups is 1. The number of nitrogens with one attached hydrogen (secondary N) is 1. The zero-order chi connectivity index (χ0) is 16.2. The van der Waals surface area contributed by atoms with E-state index in [0.717, 1.165) is 27.4 Å². The molecular weight excluding hydrogens is 338 g/mol. The molecule has 118 valence electrons. The van der Waals surface area contributed by atoms with Gasteiger partial charge in [-0.2, -0.15) is 0 Å². The summed E-state index contributed by atoms with van der Waals surface area (Å²) in [5.41, 5.74) is 1.20. The van der Waals surface area contributed by atoms with Gasteiger partial charge in [0, 0.05) is 17.5 Å². The molecular formula is C16H12F2N2OS2. The number of aromatic nitrogens is 1. The summed E-state index contributed by atoms with van der Waals surface area (Å²) in [6.45, 7) is 0. The predicted molar refractivity (Wildman–Crippen MR) is 90.8 cm³/mol. The Morgan fingerprint density at radius 1 is 1.17 bits per heavy atom. The second kappa shape index (κ2) is 7.06. The van der Waals surface area contributed by atoms with E-state index in [4.69, 9.17) is 0 Å². The Hall–Kier alpha value is -1.99. The first-order valence-corrected chi connectivity index (χ1v) is 8.76. The molecule has 0 radical (unpaired) electrons. The number of nitrogens with zero attached hydrogens (tertiary/aromatic N) is 1. The molecule has 1 aromatic heterocycles. The van der Waals surface area contributed by atoms with Crippen molar-refractivity contribution in [3.63, 3.8) is 0 Å². The van der Waals surface area contributed by atoms with Crippen LogP contribution >= 0.6 is 23.1 Å². The number of thiazole rings is 1. The van der Waals surface area contributed by atoms with Crippen molar-refractivity contribution >= 4 is 44.9 Å². The average Bonchev–Trinajstić information content (AvgIpc) is 2.93. The Bertz CT molecular complexity index is 818. The lowest BCUT2D eigenvalue weighted by Gasteiger charge is -2.05. The number of halogens is 2. The van der Waals surface area contributed by atoms with Gasteiger partial charge in [0.05, 0.1) is 16.0 Å². The van der Waals surface area contributed by atoms with E-state index in [-0.39, 0.29) is 17.3 Å². The van der Waals surface area contributed by atoms with Crippen molar-refractivity contribution < 1.29 is 13.6 Å². The minimum absolute atomic E-state index is 0.217. The van der Waals surface area contributed by atoms with E-state index < -0.39 is 11.6 Å². The largest absolute Gasteiger partial charge is 0.325 e. The van der Waals surface area contributed by atoms with Gasteiger partial charge in [0.1, 0.15) is 5.01 Å². The van der Waals surface area contributed by atoms with Gasteiger partial charge in [-0.15, -0.1) is 23.1 Å². The molecule has 0 atom stereocenters. The molecule has 0 spiro atoms. The lowest BCUT2D eigenvalue weighted by Crippen LogP contribution is -2.14. The molecule has 0 aliphatic carbocycles. The summed E-state index contributed by atoms with van der Waals surface area (Å²) in [6.07, 6.45) is 0. The summed E-state index contributed by atoms with van der Waals surface area (Å²) in [7, 11) is 0. The molecule has 0 aliphatic heterocycles. The first-order chi connectivity index (χ1) is 11.1. The van der Waals surface area contributed by atoms with E-state index in [1.54, 1.807) is 11.3 Å². The van der Waals surface area contributed by atoms with Gasteiger partial charge in [-0.3, -0.25) is 4.79 Å². The van der Waals surface area contributed by atoms with Crippen LogP contribution in [0, 0.1) is 11.6 Å². The number of anilines is 1. The third-order valence-electron chi connectivity index (χ3n) is 3.00. The molecule has 1 amide bonds. The number of hydrogen-bond donors (Lipinski definition) is 1. The van der Waals surface area contributed by atoms with Gasteiger partial charge in [-0.1, -0.05) is 12.1 Å². The van der Waals surface area contributed by atoms with Crippen LogP contribution in [0.5, 0.6) is 0 Å². The second-order valence-electron chi connectivity index (χ2n) is 4.75. The number of benzene rings is 2. The molecule has 3 nitrogen and oxygen atoms in total. The normalized spacial score (nSPS) is 10.9. The molecule has 0 bridgehead atoms. The first-order valence-electron chi connectivity index (χ1n) is 6.79. The zero-order valence-corrected chi connectivity index (χ0v) is 13.5. The number of para-hydroxylation sites is 1. The highest BCUT2D eigenvalue weighted by Crippen LogP contribution is 2.24. The lowest BCUT2D eigenvalue weighted by molar-refractivity contribution is -0.113. The maximum absolute atomic E-state index is 13.1. The van der Waals surface area contributed by atoms with Crippen molar-refractivity contribution in [3.05, 3.63) is 59.1 Å². The van der Waals surface area contributed by atoms with Gasteiger partial charge in [-0.25, -0.2) is 13.8 Å². The summed E-state index contributed by atoms with van der Waals surface area (Å²) in [4.78, 5) is 16.3. The first kappa shape index (κ1) is 15.9. The van der Waals surface area contributed by atoms with Crippen LogP contribution < -0.4 is 5.32 Å². The quantitative estimate of drug-likeness (QED) is 0.739. The van der Waals surface area contributed by atoms with E-state index in [9.17, 15) is 13.6 Å². The Kier molecular flexibility index (Phi) is 4.88. The Balaban J connectivity index is 1.51. The van der Waals surface area contributed by atoms with Gasteiger partial charge in [0.15, 0.2) is 11.6 Å². The third kappa shape index (κ3) is 4.05. The van der Waals surface area contributed by atoms with Crippen LogP contribution in [0.25, 0.3) is 10.2 Å². The lowest BCUT2D eigenvalue weighted by atomic mass is 10.3. The van der Waals surface area contributed by atoms with Gasteiger partial charge >= 0.3 is 0 Å². The molecule has 23 heavy (non-hydrogen) atoms. The average molecular weight is 350 g/mol. The molecule has 1 N–H and O–H groups in total. The van der Waals surface area contributed by atoms with Crippen molar-refractivity contribution in [2.24, 2.45) is 0 Å². The van der Waals surface area contributed by atoms with Crippen molar-refractivity contribution in [2.75, 3.05) is 11.1 Å². The van der Waals surface area contributed by atoms with Crippen LogP contribution in [0.2, 0.25) is 0 Å². The fourth-order valence-corrected chi connectivity index (χ4v) is 3.83. The highest BCUT2D eigenvalue weighted by atomic mass is 32.2. The number of hydrogen-bond acceptors (Lipinski definition) is 4. The zero-order valence-electron chi connectivity index (χ0n) is 11.9. The molecule has 0 fully saturated rings. The highest BCUT2D eigenvalue weighted by molar-refractivity contribution is 7.99. The van der Waals surface area contributed by atoms with E-state index in [1.807, 2.05) is 24.3 Å². The van der Waals surface area contributed by atoms with Crippen LogP contribution in [-0.4, -0.2) is 16.6 Å². The molecule has 7 heteroatoms. The van der Waals surface area contributed by atoms with E-state index >= 15 is 0 Å². The standard InChI is InChI=1S/C16H12F2N2OS2/c17-11-6-5-10(7-12(11)18)19-15(21)8-22-9-16-20-13-3-1-2-4-14(13)23-16/h1-7H,8-9H2,(H,19,21). The monoisotopic (exact) mass is 350 g/mol. The van der Waals surface area contributed by atoms with E-state index in [2.05, 4.69) is 10.3 Å². The van der Waals surface area contributed by atoms with Crippen molar-refractivity contribution in [1.82, 2.24) is 4.98 Å². The summed E-state index contributed by atoms with van der Waals surface area (Å²) in [5.74, 6) is -1.33. The summed E-state index contributed by atoms with van der Waals surface area (Å²) in [6, 6.07) is 11.1. The third-order valence-corrected chi connectivity index (χ3v) is 5.16. The fourth-order valence-electron chi connectivity index (χ4n) is 1.98. The van der Waals surface area contributed by atoms with Crippen molar-refractivity contribution in [2.45, 2.75) is 5.75 Å². The molecule has 0 unspecified atom stereocenters. The van der Waals surface area contributed by atoms with Crippen LogP contribution in [0.1, 0.15) is 5.01 Å². The van der Waals surface area contributed by atoms with E-state index in [0.29, 0.717) is 5.75 Å². The number of carbonyl (C=O) groups is 1. The molecule has 0 saturated heterocycles. The van der Waals surface area contributed by atoms with Gasteiger partial charge in [0.25, 0.3) is 0 Å². The van der Waals surface area contributed by atoms with Gasteiger partial charge in [-0.05, 0) is 24.3 Å².